The Morgan fingerprint density at radius 2 is 2.12 bits per heavy atom. The highest BCUT2D eigenvalue weighted by Crippen LogP contribution is 2.09. The lowest BCUT2D eigenvalue weighted by atomic mass is 10.2. The van der Waals surface area contributed by atoms with Gasteiger partial charge in [0.2, 0.25) is 0 Å². The minimum atomic E-state index is -0.265. The molecule has 0 radical (unpaired) electrons. The molecule has 1 rings (SSSR count). The lowest BCUT2D eigenvalue weighted by Gasteiger charge is -2.14. The van der Waals surface area contributed by atoms with Crippen LogP contribution in [0.3, 0.4) is 0 Å². The van der Waals surface area contributed by atoms with Crippen LogP contribution in [0.5, 0.6) is 5.75 Å². The number of hydrogen-bond acceptors (Lipinski definition) is 3. The summed E-state index contributed by atoms with van der Waals surface area (Å²) in [5, 5.41) is 0. The highest BCUT2D eigenvalue weighted by atomic mass is 16.6. The molecule has 0 amide bonds. The summed E-state index contributed by atoms with van der Waals surface area (Å²) in [5.41, 5.74) is 0.849. The van der Waals surface area contributed by atoms with Crippen molar-refractivity contribution >= 4 is 0 Å². The topological polar surface area (TPSA) is 48.4 Å². The molecule has 0 spiro atoms. The second kappa shape index (κ2) is 6.25. The SMILES string of the molecule is C=C(C)C(COc1cc[n+](CC)cc1)ON. The van der Waals surface area contributed by atoms with Gasteiger partial charge >= 0.3 is 0 Å². The first-order valence-electron chi connectivity index (χ1n) is 5.30. The molecule has 1 aromatic rings. The Morgan fingerprint density at radius 3 is 2.56 bits per heavy atom. The van der Waals surface area contributed by atoms with Gasteiger partial charge in [0, 0.05) is 12.1 Å². The van der Waals surface area contributed by atoms with E-state index in [2.05, 4.69) is 18.1 Å². The van der Waals surface area contributed by atoms with E-state index in [0.29, 0.717) is 6.61 Å². The van der Waals surface area contributed by atoms with Gasteiger partial charge in [-0.1, -0.05) is 6.58 Å². The fraction of sp³-hybridized carbons (Fsp3) is 0.417. The lowest BCUT2D eigenvalue weighted by Crippen LogP contribution is -2.31. The third-order valence-corrected chi connectivity index (χ3v) is 2.34. The number of pyridine rings is 1. The molecule has 1 unspecified atom stereocenters. The van der Waals surface area contributed by atoms with E-state index in [0.717, 1.165) is 17.9 Å². The third-order valence-electron chi connectivity index (χ3n) is 2.34. The van der Waals surface area contributed by atoms with E-state index >= 15 is 0 Å². The maximum Gasteiger partial charge on any atom is 0.172 e. The molecule has 88 valence electrons. The van der Waals surface area contributed by atoms with Crippen molar-refractivity contribution in [1.29, 1.82) is 0 Å². The van der Waals surface area contributed by atoms with Gasteiger partial charge in [-0.05, 0) is 19.4 Å². The Hall–Kier alpha value is -1.39. The maximum atomic E-state index is 5.54. The molecule has 2 N–H and O–H groups in total. The maximum absolute atomic E-state index is 5.54. The molecule has 4 heteroatoms. The Kier molecular flexibility index (Phi) is 4.95. The van der Waals surface area contributed by atoms with Crippen LogP contribution in [-0.4, -0.2) is 12.7 Å². The van der Waals surface area contributed by atoms with Crippen molar-refractivity contribution in [1.82, 2.24) is 0 Å². The standard InChI is InChI=1S/C12H19N2O2/c1-4-14-7-5-11(6-8-14)15-9-12(16-13)10(2)3/h5-8,12H,2,4,9,13H2,1,3H3/q+1. The summed E-state index contributed by atoms with van der Waals surface area (Å²) in [6.45, 7) is 9.04. The molecule has 1 atom stereocenters. The smallest absolute Gasteiger partial charge is 0.172 e. The fourth-order valence-corrected chi connectivity index (χ4v) is 1.22. The first-order chi connectivity index (χ1) is 7.67. The van der Waals surface area contributed by atoms with Gasteiger partial charge in [-0.3, -0.25) is 4.84 Å². The van der Waals surface area contributed by atoms with Crippen LogP contribution in [0, 0.1) is 0 Å². The molecule has 0 aromatic carbocycles. The van der Waals surface area contributed by atoms with Gasteiger partial charge < -0.3 is 4.74 Å². The first-order valence-corrected chi connectivity index (χ1v) is 5.30. The van der Waals surface area contributed by atoms with Gasteiger partial charge in [-0.25, -0.2) is 10.5 Å². The van der Waals surface area contributed by atoms with Gasteiger partial charge in [-0.15, -0.1) is 0 Å². The molecule has 1 aromatic heterocycles. The van der Waals surface area contributed by atoms with Gasteiger partial charge in [0.05, 0.1) is 0 Å². The van der Waals surface area contributed by atoms with Crippen molar-refractivity contribution < 1.29 is 14.1 Å². The molecule has 4 nitrogen and oxygen atoms in total. The van der Waals surface area contributed by atoms with Gasteiger partial charge in [0.25, 0.3) is 0 Å². The van der Waals surface area contributed by atoms with Crippen LogP contribution >= 0.6 is 0 Å². The minimum absolute atomic E-state index is 0.265. The molecule has 0 fully saturated rings. The molecule has 16 heavy (non-hydrogen) atoms. The summed E-state index contributed by atoms with van der Waals surface area (Å²) in [6, 6.07) is 3.82. The second-order valence-electron chi connectivity index (χ2n) is 3.65. The molecule has 0 saturated carbocycles. The predicted octanol–water partition coefficient (Wildman–Crippen LogP) is 1.21. The van der Waals surface area contributed by atoms with E-state index in [1.165, 1.54) is 0 Å². The molecule has 0 aliphatic heterocycles. The largest absolute Gasteiger partial charge is 0.490 e. The highest BCUT2D eigenvalue weighted by Gasteiger charge is 2.10. The zero-order chi connectivity index (χ0) is 12.0. The van der Waals surface area contributed by atoms with Crippen LogP contribution in [0.4, 0.5) is 0 Å². The number of nitrogens with zero attached hydrogens (tertiary/aromatic N) is 1. The molecular weight excluding hydrogens is 204 g/mol. The van der Waals surface area contributed by atoms with Gasteiger partial charge in [0.15, 0.2) is 12.4 Å². The summed E-state index contributed by atoms with van der Waals surface area (Å²) in [4.78, 5) is 4.75. The molecule has 0 saturated heterocycles. The van der Waals surface area contributed by atoms with Crippen LogP contribution in [0.2, 0.25) is 0 Å². The average molecular weight is 223 g/mol. The molecule has 0 bridgehead atoms. The summed E-state index contributed by atoms with van der Waals surface area (Å²) in [7, 11) is 0. The van der Waals surface area contributed by atoms with Crippen LogP contribution in [0.1, 0.15) is 13.8 Å². The summed E-state index contributed by atoms with van der Waals surface area (Å²) in [5.74, 6) is 5.94. The Balaban J connectivity index is 2.50. The van der Waals surface area contributed by atoms with Gasteiger partial charge in [-0.2, -0.15) is 0 Å². The fourth-order valence-electron chi connectivity index (χ4n) is 1.22. The van der Waals surface area contributed by atoms with Crippen LogP contribution in [0.15, 0.2) is 36.7 Å². The lowest BCUT2D eigenvalue weighted by molar-refractivity contribution is -0.693. The van der Waals surface area contributed by atoms with E-state index in [1.54, 1.807) is 0 Å². The van der Waals surface area contributed by atoms with E-state index in [4.69, 9.17) is 15.5 Å². The van der Waals surface area contributed by atoms with Crippen molar-refractivity contribution in [2.24, 2.45) is 5.90 Å². The number of hydrogen-bond donors (Lipinski definition) is 1. The van der Waals surface area contributed by atoms with Crippen molar-refractivity contribution in [2.75, 3.05) is 6.61 Å². The second-order valence-corrected chi connectivity index (χ2v) is 3.65. The summed E-state index contributed by atoms with van der Waals surface area (Å²) >= 11 is 0. The number of ether oxygens (including phenoxy) is 1. The normalized spacial score (nSPS) is 12.2. The molecule has 0 aliphatic rings. The Bertz CT molecular complexity index is 335. The van der Waals surface area contributed by atoms with Gasteiger partial charge in [0.1, 0.15) is 25.0 Å². The third kappa shape index (κ3) is 3.64. The summed E-state index contributed by atoms with van der Waals surface area (Å²) < 4.78 is 7.60. The number of rotatable bonds is 6. The van der Waals surface area contributed by atoms with E-state index in [-0.39, 0.29) is 6.10 Å². The van der Waals surface area contributed by atoms with Crippen LogP contribution < -0.4 is 15.2 Å². The summed E-state index contributed by atoms with van der Waals surface area (Å²) in [6.07, 6.45) is 3.67. The molecular formula is C12H19N2O2+. The van der Waals surface area contributed by atoms with Crippen molar-refractivity contribution in [3.63, 3.8) is 0 Å². The number of aromatic nitrogens is 1. The Labute approximate surface area is 96.2 Å². The molecule has 0 aliphatic carbocycles. The Morgan fingerprint density at radius 1 is 1.50 bits per heavy atom. The first kappa shape index (κ1) is 12.7. The van der Waals surface area contributed by atoms with Crippen LogP contribution in [-0.2, 0) is 11.4 Å². The van der Waals surface area contributed by atoms with Crippen molar-refractivity contribution in [3.8, 4) is 5.75 Å². The highest BCUT2D eigenvalue weighted by molar-refractivity contribution is 5.15. The zero-order valence-corrected chi connectivity index (χ0v) is 9.85. The quantitative estimate of drug-likeness (QED) is 0.448. The minimum Gasteiger partial charge on any atom is -0.490 e. The van der Waals surface area contributed by atoms with E-state index < -0.39 is 0 Å². The predicted molar refractivity (Wildman–Crippen MR) is 61.7 cm³/mol. The zero-order valence-electron chi connectivity index (χ0n) is 9.85. The van der Waals surface area contributed by atoms with Crippen molar-refractivity contribution in [2.45, 2.75) is 26.5 Å². The van der Waals surface area contributed by atoms with Crippen molar-refractivity contribution in [3.05, 3.63) is 36.7 Å². The van der Waals surface area contributed by atoms with E-state index in [1.807, 2.05) is 31.5 Å². The molecule has 1 heterocycles. The van der Waals surface area contributed by atoms with Crippen LogP contribution in [0.25, 0.3) is 0 Å². The monoisotopic (exact) mass is 223 g/mol. The number of nitrogens with two attached hydrogens (primary N) is 1. The average Bonchev–Trinajstić information content (AvgIpc) is 2.30. The van der Waals surface area contributed by atoms with E-state index in [9.17, 15) is 0 Å². The number of aryl methyl sites for hydroxylation is 1.